The van der Waals surface area contributed by atoms with E-state index in [2.05, 4.69) is 17.2 Å². The predicted octanol–water partition coefficient (Wildman–Crippen LogP) is 5.50. The van der Waals surface area contributed by atoms with Crippen molar-refractivity contribution in [2.45, 2.75) is 38.4 Å². The van der Waals surface area contributed by atoms with Crippen molar-refractivity contribution in [1.29, 1.82) is 0 Å². The molecule has 0 spiro atoms. The number of aryl methyl sites for hydroxylation is 1. The van der Waals surface area contributed by atoms with E-state index in [1.165, 1.54) is 23.1 Å². The first-order chi connectivity index (χ1) is 15.0. The van der Waals surface area contributed by atoms with Crippen LogP contribution >= 0.6 is 34.7 Å². The van der Waals surface area contributed by atoms with Crippen LogP contribution in [0, 0.1) is 6.92 Å². The van der Waals surface area contributed by atoms with E-state index in [9.17, 15) is 9.59 Å². The summed E-state index contributed by atoms with van der Waals surface area (Å²) in [5.41, 5.74) is 2.19. The molecule has 0 aliphatic carbocycles. The van der Waals surface area contributed by atoms with E-state index < -0.39 is 0 Å². The molecule has 1 amide bonds. The van der Waals surface area contributed by atoms with Crippen LogP contribution in [0.25, 0.3) is 20.4 Å². The second kappa shape index (κ2) is 9.38. The number of anilines is 1. The molecule has 3 heterocycles. The molecule has 9 heteroatoms. The Morgan fingerprint density at radius 2 is 2.16 bits per heavy atom. The van der Waals surface area contributed by atoms with E-state index in [-0.39, 0.29) is 17.2 Å². The van der Waals surface area contributed by atoms with E-state index in [1.54, 1.807) is 22.9 Å². The Balaban J connectivity index is 1.65. The lowest BCUT2D eigenvalue weighted by Crippen LogP contribution is -2.23. The van der Waals surface area contributed by atoms with Crippen molar-refractivity contribution in [3.05, 3.63) is 57.5 Å². The normalized spacial score (nSPS) is 11.3. The third kappa shape index (κ3) is 4.61. The maximum absolute atomic E-state index is 13.2. The van der Waals surface area contributed by atoms with Crippen molar-refractivity contribution < 1.29 is 4.79 Å². The summed E-state index contributed by atoms with van der Waals surface area (Å²) in [4.78, 5) is 35.7. The molecule has 0 fully saturated rings. The topological polar surface area (TPSA) is 76.9 Å². The summed E-state index contributed by atoms with van der Waals surface area (Å²) in [6.07, 6.45) is 3.53. The molecule has 6 nitrogen and oxygen atoms in total. The molecule has 4 rings (SSSR count). The molecule has 0 atom stereocenters. The Bertz CT molecular complexity index is 1330. The van der Waals surface area contributed by atoms with Crippen molar-refractivity contribution in [2.24, 2.45) is 0 Å². The van der Waals surface area contributed by atoms with E-state index >= 15 is 0 Å². The van der Waals surface area contributed by atoms with E-state index in [0.717, 1.165) is 28.6 Å². The zero-order valence-electron chi connectivity index (χ0n) is 17.1. The number of carbonyl (C=O) groups is 1. The molecule has 4 aromatic rings. The first-order valence-corrected chi connectivity index (χ1v) is 12.1. The highest BCUT2D eigenvalue weighted by Crippen LogP contribution is 2.30. The van der Waals surface area contributed by atoms with Crippen LogP contribution in [0.1, 0.15) is 25.3 Å². The SMILES string of the molecule is CCCCn1c(SCC(=O)Nc2cc(Cl)ccc2C)nc2c(sc3ncccc32)c1=O. The minimum atomic E-state index is -0.177. The van der Waals surface area contributed by atoms with E-state index in [0.29, 0.717) is 32.6 Å². The van der Waals surface area contributed by atoms with Crippen LogP contribution in [0.2, 0.25) is 5.02 Å². The van der Waals surface area contributed by atoms with Gasteiger partial charge in [0, 0.05) is 28.8 Å². The number of amides is 1. The number of halogens is 1. The number of benzene rings is 1. The molecule has 0 aliphatic heterocycles. The van der Waals surface area contributed by atoms with Crippen molar-refractivity contribution >= 4 is 66.7 Å². The van der Waals surface area contributed by atoms with E-state index in [1.807, 2.05) is 25.1 Å². The van der Waals surface area contributed by atoms with Crippen LogP contribution in [0.5, 0.6) is 0 Å². The summed E-state index contributed by atoms with van der Waals surface area (Å²) in [5, 5.41) is 4.87. The molecule has 0 bridgehead atoms. The fourth-order valence-electron chi connectivity index (χ4n) is 3.21. The smallest absolute Gasteiger partial charge is 0.272 e. The van der Waals surface area contributed by atoms with Gasteiger partial charge in [-0.1, -0.05) is 42.8 Å². The summed E-state index contributed by atoms with van der Waals surface area (Å²) >= 11 is 8.68. The van der Waals surface area contributed by atoms with Gasteiger partial charge in [0.25, 0.3) is 5.56 Å². The lowest BCUT2D eigenvalue weighted by atomic mass is 10.2. The number of thioether (sulfide) groups is 1. The second-order valence-electron chi connectivity index (χ2n) is 7.14. The molecule has 0 unspecified atom stereocenters. The minimum absolute atomic E-state index is 0.0740. The van der Waals surface area contributed by atoms with Gasteiger partial charge in [0.2, 0.25) is 5.91 Å². The van der Waals surface area contributed by atoms with Crippen molar-refractivity contribution in [1.82, 2.24) is 14.5 Å². The number of fused-ring (bicyclic) bond motifs is 3. The van der Waals surface area contributed by atoms with E-state index in [4.69, 9.17) is 16.6 Å². The van der Waals surface area contributed by atoms with Gasteiger partial charge in [-0.25, -0.2) is 9.97 Å². The largest absolute Gasteiger partial charge is 0.325 e. The molecular formula is C22H21ClN4O2S2. The van der Waals surface area contributed by atoms with Crippen LogP contribution in [-0.4, -0.2) is 26.2 Å². The molecule has 0 aliphatic rings. The van der Waals surface area contributed by atoms with Crippen molar-refractivity contribution in [3.63, 3.8) is 0 Å². The number of rotatable bonds is 7. The van der Waals surface area contributed by atoms with Crippen LogP contribution < -0.4 is 10.9 Å². The maximum Gasteiger partial charge on any atom is 0.272 e. The third-order valence-corrected chi connectivity index (χ3v) is 7.16. The minimum Gasteiger partial charge on any atom is -0.325 e. The Hall–Kier alpha value is -2.42. The number of unbranched alkanes of at least 4 members (excludes halogenated alkanes) is 1. The zero-order valence-corrected chi connectivity index (χ0v) is 19.5. The molecule has 3 aromatic heterocycles. The summed E-state index contributed by atoms with van der Waals surface area (Å²) in [5.74, 6) is -0.0420. The third-order valence-electron chi connectivity index (χ3n) is 4.86. The monoisotopic (exact) mass is 472 g/mol. The number of aromatic nitrogens is 3. The highest BCUT2D eigenvalue weighted by atomic mass is 35.5. The zero-order chi connectivity index (χ0) is 22.0. The van der Waals surface area contributed by atoms with Gasteiger partial charge in [-0.05, 0) is 43.2 Å². The number of thiophene rings is 1. The Morgan fingerprint density at radius 3 is 2.97 bits per heavy atom. The maximum atomic E-state index is 13.2. The van der Waals surface area contributed by atoms with Gasteiger partial charge < -0.3 is 5.32 Å². The molecule has 0 saturated heterocycles. The molecule has 160 valence electrons. The average Bonchev–Trinajstić information content (AvgIpc) is 3.13. The number of hydrogen-bond acceptors (Lipinski definition) is 6. The molecule has 31 heavy (non-hydrogen) atoms. The molecule has 1 N–H and O–H groups in total. The highest BCUT2D eigenvalue weighted by molar-refractivity contribution is 7.99. The van der Waals surface area contributed by atoms with Crippen LogP contribution in [0.15, 0.2) is 46.5 Å². The lowest BCUT2D eigenvalue weighted by Gasteiger charge is -2.12. The highest BCUT2D eigenvalue weighted by Gasteiger charge is 2.17. The number of nitrogens with one attached hydrogen (secondary N) is 1. The van der Waals surface area contributed by atoms with Gasteiger partial charge in [0.05, 0.1) is 11.3 Å². The molecule has 0 radical (unpaired) electrons. The van der Waals surface area contributed by atoms with Crippen LogP contribution in [0.3, 0.4) is 0 Å². The molecule has 0 saturated carbocycles. The summed E-state index contributed by atoms with van der Waals surface area (Å²) in [6.45, 7) is 4.55. The number of carbonyl (C=O) groups excluding carboxylic acids is 1. The summed E-state index contributed by atoms with van der Waals surface area (Å²) in [6, 6.07) is 9.14. The molecule has 1 aromatic carbocycles. The first-order valence-electron chi connectivity index (χ1n) is 9.94. The van der Waals surface area contributed by atoms with Crippen molar-refractivity contribution in [2.75, 3.05) is 11.1 Å². The number of hydrogen-bond donors (Lipinski definition) is 1. The van der Waals surface area contributed by atoms with Gasteiger partial charge in [0.1, 0.15) is 9.53 Å². The van der Waals surface area contributed by atoms with Gasteiger partial charge in [-0.15, -0.1) is 11.3 Å². The second-order valence-corrected chi connectivity index (χ2v) is 9.51. The van der Waals surface area contributed by atoms with Gasteiger partial charge >= 0.3 is 0 Å². The fourth-order valence-corrected chi connectivity index (χ4v) is 5.23. The lowest BCUT2D eigenvalue weighted by molar-refractivity contribution is -0.113. The van der Waals surface area contributed by atoms with Crippen LogP contribution in [-0.2, 0) is 11.3 Å². The van der Waals surface area contributed by atoms with Gasteiger partial charge in [0.15, 0.2) is 5.16 Å². The van der Waals surface area contributed by atoms with Gasteiger partial charge in [-0.2, -0.15) is 0 Å². The Labute approximate surface area is 192 Å². The Morgan fingerprint density at radius 1 is 1.32 bits per heavy atom. The quantitative estimate of drug-likeness (QED) is 0.284. The predicted molar refractivity (Wildman–Crippen MR) is 130 cm³/mol. The average molecular weight is 473 g/mol. The first kappa shape index (κ1) is 21.8. The fraction of sp³-hybridized carbons (Fsp3) is 0.273. The van der Waals surface area contributed by atoms with Crippen LogP contribution in [0.4, 0.5) is 5.69 Å². The number of pyridine rings is 1. The van der Waals surface area contributed by atoms with Crippen molar-refractivity contribution in [3.8, 4) is 0 Å². The summed E-state index contributed by atoms with van der Waals surface area (Å²) < 4.78 is 2.29. The molecular weight excluding hydrogens is 452 g/mol. The van der Waals surface area contributed by atoms with Gasteiger partial charge in [-0.3, -0.25) is 14.2 Å². The number of nitrogens with zero attached hydrogens (tertiary/aromatic N) is 3. The summed E-state index contributed by atoms with van der Waals surface area (Å²) in [7, 11) is 0. The standard InChI is InChI=1S/C22H21ClN4O2S2/c1-3-4-10-27-21(29)19-18(15-6-5-9-24-20(15)31-19)26-22(27)30-12-17(28)25-16-11-14(23)8-7-13(16)2/h5-9,11H,3-4,10,12H2,1-2H3,(H,25,28). The Kier molecular flexibility index (Phi) is 6.60.